The van der Waals surface area contributed by atoms with Crippen LogP contribution in [0.5, 0.6) is 0 Å². The summed E-state index contributed by atoms with van der Waals surface area (Å²) >= 11 is 1.77. The molecule has 0 N–H and O–H groups in total. The van der Waals surface area contributed by atoms with E-state index in [-0.39, 0.29) is 5.54 Å². The van der Waals surface area contributed by atoms with Crippen LogP contribution in [-0.2, 0) is 0 Å². The maximum absolute atomic E-state index is 5.11. The fourth-order valence-electron chi connectivity index (χ4n) is 2.93. The maximum atomic E-state index is 5.11. The van der Waals surface area contributed by atoms with Crippen LogP contribution in [0.4, 0.5) is 0 Å². The molecular formula is C16H24N2S. The van der Waals surface area contributed by atoms with E-state index in [1.165, 1.54) is 16.2 Å². The van der Waals surface area contributed by atoms with E-state index in [1.54, 1.807) is 11.8 Å². The highest BCUT2D eigenvalue weighted by Crippen LogP contribution is 2.43. The lowest BCUT2D eigenvalue weighted by atomic mass is 9.70. The monoisotopic (exact) mass is 276 g/mol. The fourth-order valence-corrected chi connectivity index (χ4v) is 3.53. The Morgan fingerprint density at radius 3 is 2.58 bits per heavy atom. The molecule has 0 aromatic heterocycles. The first kappa shape index (κ1) is 14.6. The van der Waals surface area contributed by atoms with Gasteiger partial charge < -0.3 is 0 Å². The molecule has 2 aliphatic rings. The van der Waals surface area contributed by atoms with Crippen LogP contribution in [0, 0.1) is 11.8 Å². The van der Waals surface area contributed by atoms with Gasteiger partial charge in [0.15, 0.2) is 0 Å². The van der Waals surface area contributed by atoms with Crippen molar-refractivity contribution in [1.82, 2.24) is 0 Å². The zero-order chi connectivity index (χ0) is 14.2. The molecule has 104 valence electrons. The van der Waals surface area contributed by atoms with Crippen LogP contribution in [0.3, 0.4) is 0 Å². The lowest BCUT2D eigenvalue weighted by molar-refractivity contribution is 0.245. The first-order valence-electron chi connectivity index (χ1n) is 7.01. The molecule has 3 unspecified atom stereocenters. The van der Waals surface area contributed by atoms with Crippen LogP contribution in [0.1, 0.15) is 34.1 Å². The van der Waals surface area contributed by atoms with Crippen LogP contribution in [0.15, 0.2) is 32.6 Å². The molecule has 0 spiro atoms. The van der Waals surface area contributed by atoms with Gasteiger partial charge in [-0.25, -0.2) is 0 Å². The fraction of sp³-hybridized carbons (Fsp3) is 0.625. The molecule has 0 saturated carbocycles. The van der Waals surface area contributed by atoms with Gasteiger partial charge in [-0.15, -0.1) is 11.8 Å². The first-order chi connectivity index (χ1) is 8.96. The molecular weight excluding hydrogens is 252 g/mol. The molecule has 3 atom stereocenters. The van der Waals surface area contributed by atoms with Gasteiger partial charge in [0.25, 0.3) is 0 Å². The second-order valence-corrected chi connectivity index (χ2v) is 6.56. The predicted octanol–water partition coefficient (Wildman–Crippen LogP) is 4.14. The Bertz CT molecular complexity index is 499. The number of fused-ring (bicyclic) bond motifs is 1. The Kier molecular flexibility index (Phi) is 4.05. The van der Waals surface area contributed by atoms with Crippen molar-refractivity contribution in [3.8, 4) is 0 Å². The van der Waals surface area contributed by atoms with Crippen molar-refractivity contribution in [3.63, 3.8) is 0 Å². The number of aliphatic imine (C=N–C) groups is 2. The van der Waals surface area contributed by atoms with E-state index >= 15 is 0 Å². The van der Waals surface area contributed by atoms with Gasteiger partial charge in [0, 0.05) is 12.0 Å². The quantitative estimate of drug-likeness (QED) is 0.696. The molecule has 0 saturated heterocycles. The smallest absolute Gasteiger partial charge is 0.0753 e. The molecule has 19 heavy (non-hydrogen) atoms. The third-order valence-corrected chi connectivity index (χ3v) is 5.62. The zero-order valence-corrected chi connectivity index (χ0v) is 13.6. The summed E-state index contributed by atoms with van der Waals surface area (Å²) in [4.78, 5) is 10.7. The molecule has 0 fully saturated rings. The Labute approximate surface area is 121 Å². The second-order valence-electron chi connectivity index (χ2n) is 5.71. The lowest BCUT2D eigenvalue weighted by Gasteiger charge is -2.42. The van der Waals surface area contributed by atoms with Crippen LogP contribution in [0.25, 0.3) is 0 Å². The second kappa shape index (κ2) is 5.28. The third-order valence-electron chi connectivity index (χ3n) is 4.87. The average molecular weight is 276 g/mol. The van der Waals surface area contributed by atoms with Crippen LogP contribution in [-0.4, -0.2) is 30.3 Å². The Morgan fingerprint density at radius 1 is 1.37 bits per heavy atom. The van der Waals surface area contributed by atoms with Crippen LogP contribution in [0.2, 0.25) is 0 Å². The van der Waals surface area contributed by atoms with Crippen molar-refractivity contribution in [3.05, 3.63) is 22.6 Å². The zero-order valence-electron chi connectivity index (χ0n) is 12.8. The summed E-state index contributed by atoms with van der Waals surface area (Å²) in [5.74, 6) is 1.09. The van der Waals surface area contributed by atoms with Crippen molar-refractivity contribution < 1.29 is 0 Å². The van der Waals surface area contributed by atoms with E-state index in [4.69, 9.17) is 4.99 Å². The predicted molar refractivity (Wildman–Crippen MR) is 87.5 cm³/mol. The highest BCUT2D eigenvalue weighted by atomic mass is 32.2. The van der Waals surface area contributed by atoms with Gasteiger partial charge >= 0.3 is 0 Å². The molecule has 1 aliphatic carbocycles. The Balaban J connectivity index is 2.59. The lowest BCUT2D eigenvalue weighted by Crippen LogP contribution is -2.42. The maximum Gasteiger partial charge on any atom is 0.0753 e. The molecule has 0 aromatic rings. The summed E-state index contributed by atoms with van der Waals surface area (Å²) in [5.41, 5.74) is 3.69. The average Bonchev–Trinajstić information content (AvgIpc) is 2.44. The number of rotatable bonds is 2. The first-order valence-corrected chi connectivity index (χ1v) is 8.24. The van der Waals surface area contributed by atoms with E-state index < -0.39 is 0 Å². The highest BCUT2D eigenvalue weighted by molar-refractivity contribution is 8.03. The largest absolute Gasteiger partial charge is 0.289 e. The van der Waals surface area contributed by atoms with Crippen molar-refractivity contribution in [2.45, 2.75) is 39.7 Å². The molecule has 2 nitrogen and oxygen atoms in total. The van der Waals surface area contributed by atoms with Gasteiger partial charge in [-0.3, -0.25) is 9.98 Å². The van der Waals surface area contributed by atoms with E-state index in [2.05, 4.69) is 51.1 Å². The minimum atomic E-state index is 0.0573. The number of thioether (sulfide) groups is 1. The minimum Gasteiger partial charge on any atom is -0.289 e. The van der Waals surface area contributed by atoms with Gasteiger partial charge in [-0.2, -0.15) is 0 Å². The molecule has 3 heteroatoms. The minimum absolute atomic E-state index is 0.0573. The van der Waals surface area contributed by atoms with Gasteiger partial charge in [0.05, 0.1) is 17.0 Å². The number of nitrogens with zero attached hydrogens (tertiary/aromatic N) is 2. The summed E-state index contributed by atoms with van der Waals surface area (Å²) in [7, 11) is 1.86. The molecule has 0 radical (unpaired) electrons. The molecule has 0 amide bonds. The molecule has 0 bridgehead atoms. The molecule has 1 aliphatic heterocycles. The summed E-state index contributed by atoms with van der Waals surface area (Å²) in [6, 6.07) is 0. The topological polar surface area (TPSA) is 24.7 Å². The van der Waals surface area contributed by atoms with Crippen molar-refractivity contribution in [2.24, 2.45) is 21.8 Å². The van der Waals surface area contributed by atoms with Gasteiger partial charge in [0.2, 0.25) is 0 Å². The van der Waals surface area contributed by atoms with Crippen LogP contribution < -0.4 is 0 Å². The van der Waals surface area contributed by atoms with Gasteiger partial charge in [-0.1, -0.05) is 20.8 Å². The number of hydrogen-bond acceptors (Lipinski definition) is 3. The van der Waals surface area contributed by atoms with E-state index in [0.29, 0.717) is 11.8 Å². The molecule has 2 rings (SSSR count). The normalized spacial score (nSPS) is 36.5. The highest BCUT2D eigenvalue weighted by Gasteiger charge is 2.41. The van der Waals surface area contributed by atoms with Crippen molar-refractivity contribution >= 4 is 23.2 Å². The van der Waals surface area contributed by atoms with Crippen molar-refractivity contribution in [2.75, 3.05) is 13.3 Å². The SMILES string of the molecule is CCC1(C)N=C2C(SC)=CC(=NC)C=C2C(C)C1C. The summed E-state index contributed by atoms with van der Waals surface area (Å²) in [5, 5.41) is 0. The van der Waals surface area contributed by atoms with Crippen molar-refractivity contribution in [1.29, 1.82) is 0 Å². The standard InChI is InChI=1S/C16H24N2S/c1-7-16(4)11(3)10(2)13-8-12(17-5)9-14(19-6)15(13)18-16/h8-11H,7H2,1-6H3. The van der Waals surface area contributed by atoms with Gasteiger partial charge in [0.1, 0.15) is 0 Å². The summed E-state index contributed by atoms with van der Waals surface area (Å²) < 4.78 is 0. The van der Waals surface area contributed by atoms with Crippen LogP contribution >= 0.6 is 11.8 Å². The Hall–Kier alpha value is -0.830. The number of hydrogen-bond donors (Lipinski definition) is 0. The Morgan fingerprint density at radius 2 is 2.05 bits per heavy atom. The molecule has 0 aromatic carbocycles. The molecule has 1 heterocycles. The third kappa shape index (κ3) is 2.33. The van der Waals surface area contributed by atoms with Gasteiger partial charge in [-0.05, 0) is 49.2 Å². The van der Waals surface area contributed by atoms with E-state index in [0.717, 1.165) is 12.1 Å². The number of allylic oxidation sites excluding steroid dienone is 4. The summed E-state index contributed by atoms with van der Waals surface area (Å²) in [6.07, 6.45) is 7.59. The van der Waals surface area contributed by atoms with E-state index in [1.807, 2.05) is 7.05 Å². The van der Waals surface area contributed by atoms with E-state index in [9.17, 15) is 0 Å². The summed E-state index contributed by atoms with van der Waals surface area (Å²) in [6.45, 7) is 9.19.